The molecule has 20 heavy (non-hydrogen) atoms. The highest BCUT2D eigenvalue weighted by atomic mass is 16.5. The van der Waals surface area contributed by atoms with Crippen LogP contribution in [0.2, 0.25) is 0 Å². The van der Waals surface area contributed by atoms with Crippen molar-refractivity contribution in [2.24, 2.45) is 0 Å². The molecule has 0 aliphatic carbocycles. The first-order valence-corrected chi connectivity index (χ1v) is 7.59. The van der Waals surface area contributed by atoms with Crippen LogP contribution in [-0.4, -0.2) is 62.2 Å². The summed E-state index contributed by atoms with van der Waals surface area (Å²) in [4.78, 5) is 5.17. The molecule has 4 nitrogen and oxygen atoms in total. The van der Waals surface area contributed by atoms with E-state index in [2.05, 4.69) is 39.4 Å². The Bertz CT molecular complexity index is 425. The van der Waals surface area contributed by atoms with Crippen LogP contribution in [0.4, 0.5) is 0 Å². The van der Waals surface area contributed by atoms with Crippen LogP contribution in [-0.2, 0) is 17.9 Å². The van der Waals surface area contributed by atoms with Crippen molar-refractivity contribution < 1.29 is 4.74 Å². The molecule has 2 heterocycles. The minimum Gasteiger partial charge on any atom is -0.380 e. The van der Waals surface area contributed by atoms with Crippen molar-refractivity contribution in [3.05, 3.63) is 35.4 Å². The van der Waals surface area contributed by atoms with Gasteiger partial charge >= 0.3 is 0 Å². The highest BCUT2D eigenvalue weighted by molar-refractivity contribution is 5.23. The highest BCUT2D eigenvalue weighted by Crippen LogP contribution is 2.19. The van der Waals surface area contributed by atoms with Gasteiger partial charge in [-0.25, -0.2) is 0 Å². The summed E-state index contributed by atoms with van der Waals surface area (Å²) in [6.07, 6.45) is 0. The van der Waals surface area contributed by atoms with E-state index < -0.39 is 0 Å². The number of piperazine rings is 1. The lowest BCUT2D eigenvalue weighted by molar-refractivity contribution is 0.0223. The molecule has 0 radical (unpaired) electrons. The highest BCUT2D eigenvalue weighted by Gasteiger charge is 2.31. The first-order chi connectivity index (χ1) is 9.85. The average Bonchev–Trinajstić information content (AvgIpc) is 2.44. The molecule has 3 rings (SSSR count). The van der Waals surface area contributed by atoms with E-state index in [1.807, 2.05) is 0 Å². The summed E-state index contributed by atoms with van der Waals surface area (Å²) in [5.74, 6) is 0. The minimum absolute atomic E-state index is 0.706. The Morgan fingerprint density at radius 3 is 2.70 bits per heavy atom. The van der Waals surface area contributed by atoms with Crippen molar-refractivity contribution in [1.82, 2.24) is 15.1 Å². The van der Waals surface area contributed by atoms with Gasteiger partial charge in [-0.3, -0.25) is 9.80 Å². The maximum absolute atomic E-state index is 5.20. The molecule has 4 heteroatoms. The SMILES string of the molecule is COCc1cccc(CN2CC(N3CCNCC3)C2)c1. The molecule has 0 spiro atoms. The van der Waals surface area contributed by atoms with Gasteiger partial charge < -0.3 is 10.1 Å². The third-order valence-electron chi connectivity index (χ3n) is 4.31. The third-order valence-corrected chi connectivity index (χ3v) is 4.31. The largest absolute Gasteiger partial charge is 0.380 e. The third kappa shape index (κ3) is 3.38. The van der Waals surface area contributed by atoms with E-state index in [0.29, 0.717) is 6.61 Å². The zero-order valence-corrected chi connectivity index (χ0v) is 12.3. The normalized spacial score (nSPS) is 21.9. The van der Waals surface area contributed by atoms with Crippen LogP contribution in [0.3, 0.4) is 0 Å². The molecule has 2 fully saturated rings. The fourth-order valence-electron chi connectivity index (χ4n) is 3.19. The van der Waals surface area contributed by atoms with Crippen LogP contribution >= 0.6 is 0 Å². The van der Waals surface area contributed by atoms with Crippen LogP contribution < -0.4 is 5.32 Å². The van der Waals surface area contributed by atoms with E-state index in [0.717, 1.165) is 25.7 Å². The molecular weight excluding hydrogens is 250 g/mol. The molecule has 0 saturated carbocycles. The monoisotopic (exact) mass is 275 g/mol. The van der Waals surface area contributed by atoms with Crippen molar-refractivity contribution in [1.29, 1.82) is 0 Å². The lowest BCUT2D eigenvalue weighted by atomic mass is 10.0. The number of nitrogens with zero attached hydrogens (tertiary/aromatic N) is 2. The van der Waals surface area contributed by atoms with Crippen molar-refractivity contribution in [3.8, 4) is 0 Å². The summed E-state index contributed by atoms with van der Waals surface area (Å²) in [6.45, 7) is 8.93. The molecule has 1 N–H and O–H groups in total. The Hall–Kier alpha value is -0.940. The predicted octanol–water partition coefficient (Wildman–Crippen LogP) is 0.922. The Morgan fingerprint density at radius 2 is 1.95 bits per heavy atom. The quantitative estimate of drug-likeness (QED) is 0.865. The molecule has 1 aromatic carbocycles. The van der Waals surface area contributed by atoms with Gasteiger partial charge in [0.15, 0.2) is 0 Å². The molecule has 0 bridgehead atoms. The van der Waals surface area contributed by atoms with Gasteiger partial charge in [-0.15, -0.1) is 0 Å². The van der Waals surface area contributed by atoms with E-state index in [1.54, 1.807) is 7.11 Å². The standard InChI is InChI=1S/C16H25N3O/c1-20-13-15-4-2-3-14(9-15)10-18-11-16(12-18)19-7-5-17-6-8-19/h2-4,9,16-17H,5-8,10-13H2,1H3. The molecule has 0 atom stereocenters. The topological polar surface area (TPSA) is 27.7 Å². The summed E-state index contributed by atoms with van der Waals surface area (Å²) in [5, 5.41) is 3.42. The number of rotatable bonds is 5. The second kappa shape index (κ2) is 6.68. The zero-order valence-electron chi connectivity index (χ0n) is 12.3. The van der Waals surface area contributed by atoms with Crippen LogP contribution in [0.5, 0.6) is 0 Å². The molecule has 2 aliphatic rings. The summed E-state index contributed by atoms with van der Waals surface area (Å²) >= 11 is 0. The van der Waals surface area contributed by atoms with Crippen LogP contribution in [0.25, 0.3) is 0 Å². The molecular formula is C16H25N3O. The lowest BCUT2D eigenvalue weighted by Crippen LogP contribution is -2.62. The number of hydrogen-bond acceptors (Lipinski definition) is 4. The van der Waals surface area contributed by atoms with Crippen molar-refractivity contribution in [3.63, 3.8) is 0 Å². The second-order valence-electron chi connectivity index (χ2n) is 5.89. The fraction of sp³-hybridized carbons (Fsp3) is 0.625. The zero-order chi connectivity index (χ0) is 13.8. The Labute approximate surface area is 121 Å². The molecule has 0 aromatic heterocycles. The number of benzene rings is 1. The van der Waals surface area contributed by atoms with Gasteiger partial charge in [-0.2, -0.15) is 0 Å². The Kier molecular flexibility index (Phi) is 4.68. The first kappa shape index (κ1) is 14.0. The smallest absolute Gasteiger partial charge is 0.0713 e. The molecule has 1 aromatic rings. The number of likely N-dealkylation sites (tertiary alicyclic amines) is 1. The fourth-order valence-corrected chi connectivity index (χ4v) is 3.19. The van der Waals surface area contributed by atoms with Gasteiger partial charge in [0.1, 0.15) is 0 Å². The number of ether oxygens (including phenoxy) is 1. The second-order valence-corrected chi connectivity index (χ2v) is 5.89. The van der Waals surface area contributed by atoms with Crippen molar-refractivity contribution >= 4 is 0 Å². The number of nitrogens with one attached hydrogen (secondary N) is 1. The van der Waals surface area contributed by atoms with E-state index in [1.165, 1.54) is 37.3 Å². The maximum Gasteiger partial charge on any atom is 0.0713 e. The van der Waals surface area contributed by atoms with Gasteiger partial charge in [0, 0.05) is 59.0 Å². The Morgan fingerprint density at radius 1 is 1.20 bits per heavy atom. The lowest BCUT2D eigenvalue weighted by Gasteiger charge is -2.47. The number of hydrogen-bond donors (Lipinski definition) is 1. The van der Waals surface area contributed by atoms with E-state index in [4.69, 9.17) is 4.74 Å². The van der Waals surface area contributed by atoms with Crippen LogP contribution in [0.1, 0.15) is 11.1 Å². The summed E-state index contributed by atoms with van der Waals surface area (Å²) in [6, 6.07) is 9.53. The minimum atomic E-state index is 0.706. The maximum atomic E-state index is 5.20. The molecule has 2 saturated heterocycles. The molecule has 0 amide bonds. The van der Waals surface area contributed by atoms with Crippen molar-refractivity contribution in [2.75, 3.05) is 46.4 Å². The summed E-state index contributed by atoms with van der Waals surface area (Å²) < 4.78 is 5.20. The van der Waals surface area contributed by atoms with Gasteiger partial charge in [0.25, 0.3) is 0 Å². The van der Waals surface area contributed by atoms with Gasteiger partial charge in [-0.05, 0) is 11.1 Å². The summed E-state index contributed by atoms with van der Waals surface area (Å²) in [7, 11) is 1.75. The molecule has 2 aliphatic heterocycles. The van der Waals surface area contributed by atoms with Gasteiger partial charge in [0.2, 0.25) is 0 Å². The van der Waals surface area contributed by atoms with E-state index in [9.17, 15) is 0 Å². The molecule has 110 valence electrons. The molecule has 0 unspecified atom stereocenters. The van der Waals surface area contributed by atoms with Crippen LogP contribution in [0.15, 0.2) is 24.3 Å². The summed E-state index contributed by atoms with van der Waals surface area (Å²) in [5.41, 5.74) is 2.67. The average molecular weight is 275 g/mol. The van der Waals surface area contributed by atoms with E-state index in [-0.39, 0.29) is 0 Å². The Balaban J connectivity index is 1.47. The predicted molar refractivity (Wildman–Crippen MR) is 80.7 cm³/mol. The number of methoxy groups -OCH3 is 1. The first-order valence-electron chi connectivity index (χ1n) is 7.59. The van der Waals surface area contributed by atoms with Gasteiger partial charge in [0.05, 0.1) is 6.61 Å². The van der Waals surface area contributed by atoms with Gasteiger partial charge in [-0.1, -0.05) is 24.3 Å². The van der Waals surface area contributed by atoms with Crippen molar-refractivity contribution in [2.45, 2.75) is 19.2 Å². The van der Waals surface area contributed by atoms with Crippen LogP contribution in [0, 0.1) is 0 Å². The van der Waals surface area contributed by atoms with E-state index >= 15 is 0 Å².